The SMILES string of the molecule is ClCc1ccc(Oc2cc(Cl)c(Cl)cc2Cl)nn1. The molecule has 94 valence electrons. The van der Waals surface area contributed by atoms with E-state index in [4.69, 9.17) is 51.1 Å². The average molecular weight is 324 g/mol. The maximum absolute atomic E-state index is 5.97. The van der Waals surface area contributed by atoms with Gasteiger partial charge in [-0.1, -0.05) is 34.8 Å². The number of benzene rings is 1. The summed E-state index contributed by atoms with van der Waals surface area (Å²) in [4.78, 5) is 0. The van der Waals surface area contributed by atoms with Gasteiger partial charge in [0.25, 0.3) is 0 Å². The highest BCUT2D eigenvalue weighted by molar-refractivity contribution is 6.43. The highest BCUT2D eigenvalue weighted by Crippen LogP contribution is 2.35. The third kappa shape index (κ3) is 3.18. The number of ether oxygens (including phenoxy) is 1. The van der Waals surface area contributed by atoms with Crippen LogP contribution in [0.25, 0.3) is 0 Å². The summed E-state index contributed by atoms with van der Waals surface area (Å²) in [5.41, 5.74) is 0.657. The Morgan fingerprint density at radius 2 is 1.67 bits per heavy atom. The van der Waals surface area contributed by atoms with Crippen molar-refractivity contribution >= 4 is 46.4 Å². The first-order chi connectivity index (χ1) is 8.60. The molecule has 0 aliphatic carbocycles. The summed E-state index contributed by atoms with van der Waals surface area (Å²) in [6.45, 7) is 0. The minimum atomic E-state index is 0.292. The van der Waals surface area contributed by atoms with E-state index in [0.29, 0.717) is 38.3 Å². The maximum Gasteiger partial charge on any atom is 0.238 e. The van der Waals surface area contributed by atoms with E-state index < -0.39 is 0 Å². The number of halogens is 4. The first-order valence-corrected chi connectivity index (χ1v) is 6.48. The molecule has 2 aromatic rings. The topological polar surface area (TPSA) is 35.0 Å². The lowest BCUT2D eigenvalue weighted by Crippen LogP contribution is -1.94. The summed E-state index contributed by atoms with van der Waals surface area (Å²) in [7, 11) is 0. The molecule has 2 rings (SSSR count). The third-order valence-corrected chi connectivity index (χ3v) is 3.31. The lowest BCUT2D eigenvalue weighted by molar-refractivity contribution is 0.454. The second-order valence-electron chi connectivity index (χ2n) is 3.30. The molecule has 0 aliphatic heterocycles. The fraction of sp³-hybridized carbons (Fsp3) is 0.0909. The standard InChI is InChI=1S/C11H6Cl4N2O/c12-5-6-1-2-11(17-16-6)18-10-4-8(14)7(13)3-9(10)15/h1-4H,5H2. The molecule has 0 amide bonds. The van der Waals surface area contributed by atoms with Gasteiger partial charge in [-0.15, -0.1) is 16.7 Å². The van der Waals surface area contributed by atoms with Gasteiger partial charge < -0.3 is 4.74 Å². The fourth-order valence-corrected chi connectivity index (χ4v) is 1.89. The van der Waals surface area contributed by atoms with Crippen LogP contribution < -0.4 is 4.74 Å². The van der Waals surface area contributed by atoms with Gasteiger partial charge in [0.1, 0.15) is 5.75 Å². The molecular weight excluding hydrogens is 318 g/mol. The smallest absolute Gasteiger partial charge is 0.238 e. The van der Waals surface area contributed by atoms with Crippen LogP contribution in [0.5, 0.6) is 11.6 Å². The molecule has 1 aromatic heterocycles. The lowest BCUT2D eigenvalue weighted by Gasteiger charge is -2.07. The number of alkyl halides is 1. The molecular formula is C11H6Cl4N2O. The second-order valence-corrected chi connectivity index (χ2v) is 4.78. The molecule has 0 unspecified atom stereocenters. The Morgan fingerprint density at radius 1 is 0.944 bits per heavy atom. The summed E-state index contributed by atoms with van der Waals surface area (Å²) in [6.07, 6.45) is 0. The number of rotatable bonds is 3. The van der Waals surface area contributed by atoms with Crippen molar-refractivity contribution in [2.75, 3.05) is 0 Å². The largest absolute Gasteiger partial charge is 0.436 e. The van der Waals surface area contributed by atoms with Crippen LogP contribution in [0, 0.1) is 0 Å². The fourth-order valence-electron chi connectivity index (χ4n) is 1.17. The predicted molar refractivity (Wildman–Crippen MR) is 73.1 cm³/mol. The molecule has 1 heterocycles. The molecule has 0 bridgehead atoms. The predicted octanol–water partition coefficient (Wildman–Crippen LogP) is 4.97. The molecule has 18 heavy (non-hydrogen) atoms. The van der Waals surface area contributed by atoms with Crippen molar-refractivity contribution in [1.82, 2.24) is 10.2 Å². The Morgan fingerprint density at radius 3 is 2.28 bits per heavy atom. The quantitative estimate of drug-likeness (QED) is 0.591. The molecule has 0 atom stereocenters. The van der Waals surface area contributed by atoms with E-state index in [1.807, 2.05) is 0 Å². The normalized spacial score (nSPS) is 10.4. The first kappa shape index (κ1) is 13.7. The van der Waals surface area contributed by atoms with Gasteiger partial charge in [0.15, 0.2) is 0 Å². The summed E-state index contributed by atoms with van der Waals surface area (Å²) in [5.74, 6) is 0.948. The van der Waals surface area contributed by atoms with E-state index in [2.05, 4.69) is 10.2 Å². The minimum Gasteiger partial charge on any atom is -0.436 e. The monoisotopic (exact) mass is 322 g/mol. The first-order valence-electron chi connectivity index (χ1n) is 4.81. The van der Waals surface area contributed by atoms with Gasteiger partial charge in [0.05, 0.1) is 26.6 Å². The highest BCUT2D eigenvalue weighted by Gasteiger charge is 2.09. The van der Waals surface area contributed by atoms with Gasteiger partial charge >= 0.3 is 0 Å². The third-order valence-electron chi connectivity index (χ3n) is 2.02. The Hall–Kier alpha value is -0.740. The van der Waals surface area contributed by atoms with Crippen LogP contribution in [0.2, 0.25) is 15.1 Å². The summed E-state index contributed by atoms with van der Waals surface area (Å²) < 4.78 is 5.45. The Kier molecular flexibility index (Phi) is 4.51. The van der Waals surface area contributed by atoms with Crippen molar-refractivity contribution in [1.29, 1.82) is 0 Å². The van der Waals surface area contributed by atoms with Crippen molar-refractivity contribution in [3.8, 4) is 11.6 Å². The Labute approximate surface area is 124 Å². The number of nitrogens with zero attached hydrogens (tertiary/aromatic N) is 2. The van der Waals surface area contributed by atoms with Crippen LogP contribution in [0.3, 0.4) is 0 Å². The van der Waals surface area contributed by atoms with Crippen LogP contribution in [-0.4, -0.2) is 10.2 Å². The van der Waals surface area contributed by atoms with E-state index >= 15 is 0 Å². The molecule has 0 saturated heterocycles. The van der Waals surface area contributed by atoms with Crippen LogP contribution >= 0.6 is 46.4 Å². The number of hydrogen-bond acceptors (Lipinski definition) is 3. The molecule has 1 aromatic carbocycles. The van der Waals surface area contributed by atoms with E-state index in [9.17, 15) is 0 Å². The van der Waals surface area contributed by atoms with Crippen molar-refractivity contribution in [3.63, 3.8) is 0 Å². The van der Waals surface area contributed by atoms with E-state index in [1.165, 1.54) is 12.1 Å². The van der Waals surface area contributed by atoms with Crippen molar-refractivity contribution in [2.24, 2.45) is 0 Å². The van der Waals surface area contributed by atoms with Crippen molar-refractivity contribution < 1.29 is 4.74 Å². The van der Waals surface area contributed by atoms with Gasteiger partial charge in [-0.2, -0.15) is 5.10 Å². The van der Waals surface area contributed by atoms with E-state index in [1.54, 1.807) is 12.1 Å². The molecule has 3 nitrogen and oxygen atoms in total. The van der Waals surface area contributed by atoms with Gasteiger partial charge in [-0.3, -0.25) is 0 Å². The van der Waals surface area contributed by atoms with Gasteiger partial charge in [-0.05, 0) is 12.1 Å². The summed E-state index contributed by atoms with van der Waals surface area (Å²) in [6, 6.07) is 6.37. The molecule has 0 saturated carbocycles. The van der Waals surface area contributed by atoms with Crippen LogP contribution in [-0.2, 0) is 5.88 Å². The Bertz CT molecular complexity index is 560. The zero-order chi connectivity index (χ0) is 13.1. The van der Waals surface area contributed by atoms with Crippen molar-refractivity contribution in [2.45, 2.75) is 5.88 Å². The summed E-state index contributed by atoms with van der Waals surface area (Å²) >= 11 is 23.3. The number of hydrogen-bond donors (Lipinski definition) is 0. The van der Waals surface area contributed by atoms with Gasteiger partial charge in [0, 0.05) is 12.1 Å². The molecule has 0 radical (unpaired) electrons. The zero-order valence-corrected chi connectivity index (χ0v) is 11.9. The molecule has 7 heteroatoms. The van der Waals surface area contributed by atoms with Gasteiger partial charge in [0.2, 0.25) is 5.88 Å². The second kappa shape index (κ2) is 5.93. The van der Waals surface area contributed by atoms with Crippen LogP contribution in [0.15, 0.2) is 24.3 Å². The minimum absolute atomic E-state index is 0.292. The maximum atomic E-state index is 5.97. The van der Waals surface area contributed by atoms with Crippen LogP contribution in [0.1, 0.15) is 5.69 Å². The molecule has 0 aliphatic rings. The average Bonchev–Trinajstić information content (AvgIpc) is 2.37. The van der Waals surface area contributed by atoms with Crippen LogP contribution in [0.4, 0.5) is 0 Å². The zero-order valence-electron chi connectivity index (χ0n) is 8.83. The highest BCUT2D eigenvalue weighted by atomic mass is 35.5. The van der Waals surface area contributed by atoms with E-state index in [0.717, 1.165) is 0 Å². The molecule has 0 N–H and O–H groups in total. The van der Waals surface area contributed by atoms with Crippen molar-refractivity contribution in [3.05, 3.63) is 45.0 Å². The lowest BCUT2D eigenvalue weighted by atomic mass is 10.3. The summed E-state index contributed by atoms with van der Waals surface area (Å²) in [5, 5.41) is 8.75. The molecule has 0 spiro atoms. The van der Waals surface area contributed by atoms with E-state index in [-0.39, 0.29) is 0 Å². The molecule has 0 fully saturated rings. The Balaban J connectivity index is 2.25. The number of aromatic nitrogens is 2. The van der Waals surface area contributed by atoms with Gasteiger partial charge in [-0.25, -0.2) is 0 Å².